The van der Waals surface area contributed by atoms with Gasteiger partial charge in [0.05, 0.1) is 0 Å². The molecule has 0 aliphatic heterocycles. The first-order valence-electron chi connectivity index (χ1n) is 2.22. The van der Waals surface area contributed by atoms with Crippen molar-refractivity contribution < 1.29 is 18.9 Å². The summed E-state index contributed by atoms with van der Waals surface area (Å²) >= 11 is 15.4. The Hall–Kier alpha value is 0.720. The van der Waals surface area contributed by atoms with E-state index in [0.29, 0.717) is 0 Å². The summed E-state index contributed by atoms with van der Waals surface area (Å²) in [6.45, 7) is 0. The Morgan fingerprint density at radius 1 is 1.55 bits per heavy atom. The summed E-state index contributed by atoms with van der Waals surface area (Å²) in [7, 11) is -4.57. The summed E-state index contributed by atoms with van der Waals surface area (Å²) in [6, 6.07) is 0. The van der Waals surface area contributed by atoms with Crippen LogP contribution >= 0.6 is 42.6 Å². The largest absolute Gasteiger partial charge is 0.471 e. The first-order chi connectivity index (χ1) is 4.81. The van der Waals surface area contributed by atoms with Crippen molar-refractivity contribution in [2.24, 2.45) is 0 Å². The molecule has 0 spiro atoms. The Morgan fingerprint density at radius 3 is 2.27 bits per heavy atom. The standard InChI is InChI=1S/C3H4Cl3O4P/c4-2(5)1-3(6)10-11(7,8)9/h1,3H,(H2,7,8,9). The third-order valence-electron chi connectivity index (χ3n) is 0.495. The molecule has 0 aliphatic carbocycles. The molecular weight excluding hydrogens is 237 g/mol. The van der Waals surface area contributed by atoms with Crippen LogP contribution in [0, 0.1) is 0 Å². The minimum Gasteiger partial charge on any atom is -0.303 e. The summed E-state index contributed by atoms with van der Waals surface area (Å²) in [5.41, 5.74) is -1.33. The Kier molecular flexibility index (Phi) is 4.98. The number of hydrogen-bond acceptors (Lipinski definition) is 2. The van der Waals surface area contributed by atoms with Crippen molar-refractivity contribution in [2.75, 3.05) is 0 Å². The molecule has 4 nitrogen and oxygen atoms in total. The fraction of sp³-hybridized carbons (Fsp3) is 0.333. The lowest BCUT2D eigenvalue weighted by Crippen LogP contribution is -1.98. The third-order valence-corrected chi connectivity index (χ3v) is 1.59. The molecule has 1 unspecified atom stereocenters. The summed E-state index contributed by atoms with van der Waals surface area (Å²) in [4.78, 5) is 16.4. The van der Waals surface area contributed by atoms with Crippen LogP contribution in [0.5, 0.6) is 0 Å². The lowest BCUT2D eigenvalue weighted by atomic mass is 10.7. The molecule has 0 aromatic heterocycles. The molecule has 66 valence electrons. The second-order valence-corrected chi connectivity index (χ2v) is 4.03. The van der Waals surface area contributed by atoms with Crippen molar-refractivity contribution in [3.05, 3.63) is 10.6 Å². The Balaban J connectivity index is 4.00. The van der Waals surface area contributed by atoms with Gasteiger partial charge in [0, 0.05) is 0 Å². The summed E-state index contributed by atoms with van der Waals surface area (Å²) in [5, 5.41) is 0. The predicted molar refractivity (Wildman–Crippen MR) is 42.6 cm³/mol. The lowest BCUT2D eigenvalue weighted by Gasteiger charge is -2.06. The van der Waals surface area contributed by atoms with Gasteiger partial charge in [-0.15, -0.1) is 0 Å². The van der Waals surface area contributed by atoms with E-state index < -0.39 is 13.4 Å². The molecule has 0 amide bonds. The van der Waals surface area contributed by atoms with Crippen LogP contribution in [0.15, 0.2) is 10.6 Å². The maximum atomic E-state index is 10.1. The minimum atomic E-state index is -4.57. The van der Waals surface area contributed by atoms with Crippen LogP contribution in [-0.2, 0) is 9.09 Å². The molecule has 0 saturated heterocycles. The molecule has 0 rings (SSSR count). The van der Waals surface area contributed by atoms with E-state index in [-0.39, 0.29) is 4.49 Å². The second-order valence-electron chi connectivity index (χ2n) is 1.40. The quantitative estimate of drug-likeness (QED) is 0.585. The number of phosphoric ester groups is 1. The van der Waals surface area contributed by atoms with Crippen LogP contribution in [0.4, 0.5) is 0 Å². The van der Waals surface area contributed by atoms with E-state index in [2.05, 4.69) is 4.52 Å². The van der Waals surface area contributed by atoms with Crippen molar-refractivity contribution in [1.29, 1.82) is 0 Å². The molecule has 0 heterocycles. The minimum absolute atomic E-state index is 0.224. The Labute approximate surface area is 77.9 Å². The molecule has 2 N–H and O–H groups in total. The number of halogens is 3. The van der Waals surface area contributed by atoms with Crippen molar-refractivity contribution in [1.82, 2.24) is 0 Å². The number of phosphoric acid groups is 1. The van der Waals surface area contributed by atoms with Crippen LogP contribution in [0.2, 0.25) is 0 Å². The van der Waals surface area contributed by atoms with Gasteiger partial charge in [-0.05, 0) is 6.08 Å². The van der Waals surface area contributed by atoms with Gasteiger partial charge in [0.15, 0.2) is 5.56 Å². The molecule has 0 aromatic rings. The van der Waals surface area contributed by atoms with Gasteiger partial charge in [-0.25, -0.2) is 4.57 Å². The highest BCUT2D eigenvalue weighted by Crippen LogP contribution is 2.39. The van der Waals surface area contributed by atoms with Gasteiger partial charge < -0.3 is 9.79 Å². The topological polar surface area (TPSA) is 66.8 Å². The molecule has 0 radical (unpaired) electrons. The first-order valence-corrected chi connectivity index (χ1v) is 4.94. The lowest BCUT2D eigenvalue weighted by molar-refractivity contribution is 0.199. The van der Waals surface area contributed by atoms with E-state index in [9.17, 15) is 4.57 Å². The van der Waals surface area contributed by atoms with Crippen LogP contribution < -0.4 is 0 Å². The number of alkyl halides is 1. The van der Waals surface area contributed by atoms with Gasteiger partial charge in [-0.3, -0.25) is 4.52 Å². The van der Waals surface area contributed by atoms with Crippen molar-refractivity contribution in [3.63, 3.8) is 0 Å². The van der Waals surface area contributed by atoms with Crippen LogP contribution in [-0.4, -0.2) is 15.3 Å². The van der Waals surface area contributed by atoms with E-state index in [0.717, 1.165) is 6.08 Å². The highest BCUT2D eigenvalue weighted by Gasteiger charge is 2.18. The van der Waals surface area contributed by atoms with Gasteiger partial charge in [-0.1, -0.05) is 34.8 Å². The van der Waals surface area contributed by atoms with Crippen LogP contribution in [0.25, 0.3) is 0 Å². The molecule has 11 heavy (non-hydrogen) atoms. The predicted octanol–water partition coefficient (Wildman–Crippen LogP) is 1.98. The fourth-order valence-corrected chi connectivity index (χ4v) is 1.38. The fourth-order valence-electron chi connectivity index (χ4n) is 0.261. The zero-order valence-electron chi connectivity index (χ0n) is 4.95. The molecule has 1 atom stereocenters. The Bertz CT molecular complexity index is 195. The Morgan fingerprint density at radius 2 is 2.00 bits per heavy atom. The van der Waals surface area contributed by atoms with Crippen molar-refractivity contribution >= 4 is 42.6 Å². The second kappa shape index (κ2) is 4.67. The van der Waals surface area contributed by atoms with Gasteiger partial charge >= 0.3 is 7.82 Å². The van der Waals surface area contributed by atoms with E-state index in [1.54, 1.807) is 0 Å². The highest BCUT2D eigenvalue weighted by molar-refractivity contribution is 7.46. The number of hydrogen-bond donors (Lipinski definition) is 2. The van der Waals surface area contributed by atoms with Crippen molar-refractivity contribution in [3.8, 4) is 0 Å². The summed E-state index contributed by atoms with van der Waals surface area (Å²) in [5.74, 6) is 0. The zero-order valence-corrected chi connectivity index (χ0v) is 8.11. The first kappa shape index (κ1) is 11.7. The molecule has 8 heteroatoms. The molecule has 0 saturated carbocycles. The smallest absolute Gasteiger partial charge is 0.303 e. The SMILES string of the molecule is O=P(O)(O)OC(Cl)C=C(Cl)Cl. The molecule has 0 bridgehead atoms. The highest BCUT2D eigenvalue weighted by atomic mass is 35.5. The monoisotopic (exact) mass is 240 g/mol. The maximum Gasteiger partial charge on any atom is 0.471 e. The third kappa shape index (κ3) is 8.63. The molecular formula is C3H4Cl3O4P. The molecule has 0 aliphatic rings. The zero-order chi connectivity index (χ0) is 9.07. The van der Waals surface area contributed by atoms with Gasteiger partial charge in [0.25, 0.3) is 0 Å². The van der Waals surface area contributed by atoms with E-state index in [1.807, 2.05) is 0 Å². The van der Waals surface area contributed by atoms with Gasteiger partial charge in [0.2, 0.25) is 0 Å². The van der Waals surface area contributed by atoms with Gasteiger partial charge in [-0.2, -0.15) is 0 Å². The average molecular weight is 241 g/mol. The average Bonchev–Trinajstić information content (AvgIpc) is 1.53. The molecule has 0 fully saturated rings. The normalized spacial score (nSPS) is 14.3. The van der Waals surface area contributed by atoms with E-state index >= 15 is 0 Å². The summed E-state index contributed by atoms with van der Waals surface area (Å²) < 4.78 is 13.8. The van der Waals surface area contributed by atoms with Crippen LogP contribution in [0.1, 0.15) is 0 Å². The van der Waals surface area contributed by atoms with E-state index in [4.69, 9.17) is 44.6 Å². The maximum absolute atomic E-state index is 10.1. The van der Waals surface area contributed by atoms with Crippen LogP contribution in [0.3, 0.4) is 0 Å². The number of rotatable bonds is 3. The van der Waals surface area contributed by atoms with Crippen molar-refractivity contribution in [2.45, 2.75) is 5.56 Å². The summed E-state index contributed by atoms with van der Waals surface area (Å²) in [6.07, 6.45) is 0.934. The van der Waals surface area contributed by atoms with E-state index in [1.165, 1.54) is 0 Å². The molecule has 0 aromatic carbocycles. The van der Waals surface area contributed by atoms with Gasteiger partial charge in [0.1, 0.15) is 4.49 Å².